The van der Waals surface area contributed by atoms with Gasteiger partial charge in [0.1, 0.15) is 17.1 Å². The third-order valence-electron chi connectivity index (χ3n) is 3.78. The number of nitrogens with one attached hydrogen (secondary N) is 2. The zero-order valence-electron chi connectivity index (χ0n) is 16.5. The molecule has 1 heterocycles. The number of ether oxygens (including phenoxy) is 1. The number of benzene rings is 1. The van der Waals surface area contributed by atoms with Crippen molar-refractivity contribution in [3.05, 3.63) is 65.5 Å². The van der Waals surface area contributed by atoms with E-state index in [1.165, 1.54) is 12.1 Å². The molecule has 2 rings (SSSR count). The number of carbonyl (C=O) groups excluding carboxylic acids is 2. The Morgan fingerprint density at radius 1 is 1.14 bits per heavy atom. The molecule has 0 atom stereocenters. The second-order valence-electron chi connectivity index (χ2n) is 6.42. The van der Waals surface area contributed by atoms with Crippen molar-refractivity contribution in [1.29, 1.82) is 0 Å². The summed E-state index contributed by atoms with van der Waals surface area (Å²) in [6.07, 6.45) is 3.33. The number of amides is 2. The lowest BCUT2D eigenvalue weighted by molar-refractivity contribution is 0.0937. The fourth-order valence-electron chi connectivity index (χ4n) is 2.32. The lowest BCUT2D eigenvalue weighted by Crippen LogP contribution is -2.32. The van der Waals surface area contributed by atoms with Gasteiger partial charge in [0.2, 0.25) is 0 Å². The molecule has 0 unspecified atom stereocenters. The molecule has 2 amide bonds. The van der Waals surface area contributed by atoms with Crippen LogP contribution in [0, 0.1) is 0 Å². The van der Waals surface area contributed by atoms with E-state index < -0.39 is 5.91 Å². The maximum absolute atomic E-state index is 12.3. The van der Waals surface area contributed by atoms with Crippen molar-refractivity contribution >= 4 is 23.6 Å². The predicted octanol–water partition coefficient (Wildman–Crippen LogP) is 2.50. The minimum atomic E-state index is -0.483. The summed E-state index contributed by atoms with van der Waals surface area (Å²) in [4.78, 5) is 28.4. The molecule has 0 saturated heterocycles. The summed E-state index contributed by atoms with van der Waals surface area (Å²) in [6, 6.07) is 11.9. The van der Waals surface area contributed by atoms with Crippen molar-refractivity contribution < 1.29 is 19.5 Å². The number of aromatic nitrogens is 1. The van der Waals surface area contributed by atoms with Gasteiger partial charge in [-0.25, -0.2) is 4.98 Å². The van der Waals surface area contributed by atoms with Gasteiger partial charge in [0.15, 0.2) is 0 Å². The van der Waals surface area contributed by atoms with Gasteiger partial charge >= 0.3 is 0 Å². The molecule has 2 aromatic rings. The first-order chi connectivity index (χ1) is 13.9. The fraction of sp³-hybridized carbons (Fsp3) is 0.238. The van der Waals surface area contributed by atoms with Gasteiger partial charge in [-0.15, -0.1) is 0 Å². The molecule has 0 aliphatic carbocycles. The second-order valence-corrected chi connectivity index (χ2v) is 6.42. The van der Waals surface area contributed by atoms with Crippen molar-refractivity contribution in [2.45, 2.75) is 19.9 Å². The van der Waals surface area contributed by atoms with Gasteiger partial charge in [0.05, 0.1) is 19.4 Å². The summed E-state index contributed by atoms with van der Waals surface area (Å²) in [5.74, 6) is -0.0971. The van der Waals surface area contributed by atoms with Crippen molar-refractivity contribution in [3.8, 4) is 5.75 Å². The minimum Gasteiger partial charge on any atom is -0.497 e. The lowest BCUT2D eigenvalue weighted by atomic mass is 10.2. The highest BCUT2D eigenvalue weighted by atomic mass is 16.5. The first-order valence-electron chi connectivity index (χ1n) is 9.02. The molecule has 152 valence electrons. The van der Waals surface area contributed by atoms with Crippen LogP contribution >= 0.6 is 0 Å². The third-order valence-corrected chi connectivity index (χ3v) is 3.78. The zero-order valence-corrected chi connectivity index (χ0v) is 16.5. The smallest absolute Gasteiger partial charge is 0.270 e. The first-order valence-corrected chi connectivity index (χ1v) is 9.02. The Bertz CT molecular complexity index is 905. The van der Waals surface area contributed by atoms with Crippen LogP contribution in [0.2, 0.25) is 0 Å². The summed E-state index contributed by atoms with van der Waals surface area (Å²) in [5, 5.41) is 17.7. The Morgan fingerprint density at radius 3 is 2.38 bits per heavy atom. The molecule has 8 nitrogen and oxygen atoms in total. The fourth-order valence-corrected chi connectivity index (χ4v) is 2.32. The van der Waals surface area contributed by atoms with Crippen molar-refractivity contribution in [2.75, 3.05) is 13.7 Å². The van der Waals surface area contributed by atoms with Crippen LogP contribution in [0.25, 0.3) is 6.08 Å². The maximum Gasteiger partial charge on any atom is 0.270 e. The zero-order chi connectivity index (χ0) is 21.2. The highest BCUT2D eigenvalue weighted by molar-refractivity contribution is 6.03. The normalized spacial score (nSPS) is 11.5. The van der Waals surface area contributed by atoms with Crippen LogP contribution < -0.4 is 15.4 Å². The van der Waals surface area contributed by atoms with E-state index >= 15 is 0 Å². The number of nitrogens with zero attached hydrogens (tertiary/aromatic N) is 2. The number of hydrogen-bond acceptors (Lipinski definition) is 6. The van der Waals surface area contributed by atoms with Gasteiger partial charge in [-0.2, -0.15) is 0 Å². The molecule has 0 saturated carbocycles. The predicted molar refractivity (Wildman–Crippen MR) is 110 cm³/mol. The van der Waals surface area contributed by atoms with Crippen LogP contribution in [0.15, 0.2) is 53.7 Å². The summed E-state index contributed by atoms with van der Waals surface area (Å²) in [5.41, 5.74) is 1.38. The number of methoxy groups -OCH3 is 1. The van der Waals surface area contributed by atoms with Crippen LogP contribution in [-0.4, -0.2) is 47.4 Å². The summed E-state index contributed by atoms with van der Waals surface area (Å²) >= 11 is 0. The molecular formula is C21H24N4O4. The topological polar surface area (TPSA) is 113 Å². The van der Waals surface area contributed by atoms with Gasteiger partial charge in [-0.05, 0) is 49.8 Å². The first kappa shape index (κ1) is 21.6. The van der Waals surface area contributed by atoms with E-state index in [4.69, 9.17) is 9.94 Å². The molecule has 0 radical (unpaired) electrons. The Labute approximate surface area is 169 Å². The number of oxime groups is 1. The van der Waals surface area contributed by atoms with Crippen molar-refractivity contribution in [1.82, 2.24) is 15.6 Å². The molecule has 8 heteroatoms. The minimum absolute atomic E-state index is 0.00785. The van der Waals surface area contributed by atoms with Crippen molar-refractivity contribution in [3.63, 3.8) is 0 Å². The largest absolute Gasteiger partial charge is 0.497 e. The maximum atomic E-state index is 12.3. The summed E-state index contributed by atoms with van der Waals surface area (Å²) < 4.78 is 5.10. The third kappa shape index (κ3) is 6.76. The highest BCUT2D eigenvalue weighted by Gasteiger charge is 2.13. The van der Waals surface area contributed by atoms with Gasteiger partial charge < -0.3 is 20.6 Å². The Hall–Kier alpha value is -3.68. The molecule has 1 aromatic heterocycles. The van der Waals surface area contributed by atoms with Crippen LogP contribution in [0.3, 0.4) is 0 Å². The summed E-state index contributed by atoms with van der Waals surface area (Å²) in [6.45, 7) is 3.67. The van der Waals surface area contributed by atoms with Crippen LogP contribution in [0.4, 0.5) is 0 Å². The average molecular weight is 396 g/mol. The van der Waals surface area contributed by atoms with E-state index in [0.29, 0.717) is 0 Å². The monoisotopic (exact) mass is 396 g/mol. The molecule has 0 spiro atoms. The molecule has 29 heavy (non-hydrogen) atoms. The Morgan fingerprint density at radius 2 is 1.79 bits per heavy atom. The SMILES string of the molecule is COc1ccc(/C=C/C(CNC(=O)c2cccc(C(=O)NC(C)C)n2)=N\O)cc1. The molecular weight excluding hydrogens is 372 g/mol. The van der Waals surface area contributed by atoms with Gasteiger partial charge in [-0.1, -0.05) is 29.4 Å². The van der Waals surface area contributed by atoms with E-state index in [-0.39, 0.29) is 35.6 Å². The number of hydrogen-bond donors (Lipinski definition) is 3. The van der Waals surface area contributed by atoms with Gasteiger partial charge in [0, 0.05) is 6.04 Å². The second kappa shape index (κ2) is 10.6. The number of rotatable bonds is 8. The van der Waals surface area contributed by atoms with Crippen LogP contribution in [0.5, 0.6) is 5.75 Å². The number of carbonyl (C=O) groups is 2. The van der Waals surface area contributed by atoms with E-state index in [1.807, 2.05) is 38.1 Å². The molecule has 1 aromatic carbocycles. The average Bonchev–Trinajstić information content (AvgIpc) is 2.73. The molecule has 0 aliphatic rings. The van der Waals surface area contributed by atoms with E-state index in [2.05, 4.69) is 20.8 Å². The quantitative estimate of drug-likeness (QED) is 0.360. The number of pyridine rings is 1. The Kier molecular flexibility index (Phi) is 7.90. The highest BCUT2D eigenvalue weighted by Crippen LogP contribution is 2.12. The molecule has 0 bridgehead atoms. The lowest BCUT2D eigenvalue weighted by Gasteiger charge is -2.09. The van der Waals surface area contributed by atoms with E-state index in [0.717, 1.165) is 11.3 Å². The van der Waals surface area contributed by atoms with Crippen LogP contribution in [0.1, 0.15) is 40.4 Å². The van der Waals surface area contributed by atoms with Gasteiger partial charge in [-0.3, -0.25) is 9.59 Å². The van der Waals surface area contributed by atoms with E-state index in [9.17, 15) is 9.59 Å². The van der Waals surface area contributed by atoms with Gasteiger partial charge in [0.25, 0.3) is 11.8 Å². The van der Waals surface area contributed by atoms with E-state index in [1.54, 1.807) is 25.3 Å². The van der Waals surface area contributed by atoms with Crippen molar-refractivity contribution in [2.24, 2.45) is 5.16 Å². The molecule has 0 aliphatic heterocycles. The molecule has 3 N–H and O–H groups in total. The van der Waals surface area contributed by atoms with Crippen LogP contribution in [-0.2, 0) is 0 Å². The summed E-state index contributed by atoms with van der Waals surface area (Å²) in [7, 11) is 1.59. The standard InChI is InChI=1S/C21H24N4O4/c1-14(2)23-21(27)19-6-4-5-18(24-19)20(26)22-13-16(25-28)10-7-15-8-11-17(29-3)12-9-15/h4-12,14,28H,13H2,1-3H3,(H,22,26)(H,23,27)/b10-7+,25-16+. The molecule has 0 fully saturated rings. The Balaban J connectivity index is 1.97.